The molecule has 17 heavy (non-hydrogen) atoms. The average Bonchev–Trinajstić information content (AvgIpc) is 2.39. The van der Waals surface area contributed by atoms with Crippen LogP contribution in [0.5, 0.6) is 0 Å². The molecule has 0 aliphatic rings. The summed E-state index contributed by atoms with van der Waals surface area (Å²) in [5, 5.41) is 3.28. The number of aromatic nitrogens is 1. The summed E-state index contributed by atoms with van der Waals surface area (Å²) in [4.78, 5) is 4.22. The fourth-order valence-electron chi connectivity index (χ4n) is 1.66. The number of ether oxygens (including phenoxy) is 1. The van der Waals surface area contributed by atoms with Gasteiger partial charge in [0.15, 0.2) is 0 Å². The molecule has 1 N–H and O–H groups in total. The van der Waals surface area contributed by atoms with Crippen LogP contribution in [0.1, 0.15) is 11.1 Å². The average molecular weight is 228 g/mol. The van der Waals surface area contributed by atoms with E-state index in [1.54, 1.807) is 13.3 Å². The molecule has 0 atom stereocenters. The predicted octanol–water partition coefficient (Wildman–Crippen LogP) is 2.84. The van der Waals surface area contributed by atoms with Crippen molar-refractivity contribution in [2.75, 3.05) is 12.4 Å². The number of nitrogens with one attached hydrogen (secondary N) is 1. The molecule has 0 aliphatic carbocycles. The van der Waals surface area contributed by atoms with Gasteiger partial charge < -0.3 is 10.1 Å². The molecule has 2 rings (SSSR count). The van der Waals surface area contributed by atoms with Gasteiger partial charge in [-0.2, -0.15) is 0 Å². The molecule has 1 aromatic heterocycles. The quantitative estimate of drug-likeness (QED) is 0.854. The van der Waals surface area contributed by atoms with E-state index in [0.717, 1.165) is 12.4 Å². The first-order valence-corrected chi connectivity index (χ1v) is 5.60. The first kappa shape index (κ1) is 11.6. The Hall–Kier alpha value is -1.87. The van der Waals surface area contributed by atoms with Gasteiger partial charge in [0.1, 0.15) is 5.82 Å². The monoisotopic (exact) mass is 228 g/mol. The number of benzene rings is 1. The van der Waals surface area contributed by atoms with Crippen LogP contribution in [0.15, 0.2) is 48.7 Å². The van der Waals surface area contributed by atoms with Crippen LogP contribution in [-0.2, 0) is 17.9 Å². The normalized spacial score (nSPS) is 10.2. The summed E-state index contributed by atoms with van der Waals surface area (Å²) in [5.41, 5.74) is 2.41. The molecule has 0 aliphatic heterocycles. The molecule has 1 heterocycles. The van der Waals surface area contributed by atoms with Crippen molar-refractivity contribution in [1.82, 2.24) is 4.98 Å². The van der Waals surface area contributed by atoms with Gasteiger partial charge in [0.2, 0.25) is 0 Å². The zero-order valence-corrected chi connectivity index (χ0v) is 9.89. The van der Waals surface area contributed by atoms with E-state index in [1.807, 2.05) is 24.3 Å². The van der Waals surface area contributed by atoms with Gasteiger partial charge >= 0.3 is 0 Å². The second-order valence-corrected chi connectivity index (χ2v) is 3.82. The Labute approximate surface area is 101 Å². The third-order valence-electron chi connectivity index (χ3n) is 2.44. The van der Waals surface area contributed by atoms with Gasteiger partial charge in [0.25, 0.3) is 0 Å². The lowest BCUT2D eigenvalue weighted by Gasteiger charge is -2.07. The molecule has 0 fully saturated rings. The highest BCUT2D eigenvalue weighted by molar-refractivity contribution is 5.35. The van der Waals surface area contributed by atoms with E-state index in [2.05, 4.69) is 28.5 Å². The number of methoxy groups -OCH3 is 1. The first-order chi connectivity index (χ1) is 8.38. The van der Waals surface area contributed by atoms with Crippen molar-refractivity contribution in [1.29, 1.82) is 0 Å². The van der Waals surface area contributed by atoms with E-state index in [4.69, 9.17) is 4.74 Å². The summed E-state index contributed by atoms with van der Waals surface area (Å²) in [6, 6.07) is 14.2. The summed E-state index contributed by atoms with van der Waals surface area (Å²) in [6.45, 7) is 1.42. The van der Waals surface area contributed by atoms with Crippen molar-refractivity contribution in [3.8, 4) is 0 Å². The number of pyridine rings is 1. The maximum atomic E-state index is 5.11. The number of anilines is 1. The summed E-state index contributed by atoms with van der Waals surface area (Å²) in [6.07, 6.45) is 1.78. The minimum absolute atomic E-state index is 0.650. The van der Waals surface area contributed by atoms with Crippen LogP contribution >= 0.6 is 0 Å². The maximum Gasteiger partial charge on any atom is 0.126 e. The standard InChI is InChI=1S/C14H16N2O/c1-17-11-13-6-4-5-12(9-13)10-16-14-7-2-3-8-15-14/h2-9H,10-11H2,1H3,(H,15,16). The van der Waals surface area contributed by atoms with Crippen molar-refractivity contribution in [3.63, 3.8) is 0 Å². The maximum absolute atomic E-state index is 5.11. The van der Waals surface area contributed by atoms with Crippen LogP contribution in [0, 0.1) is 0 Å². The SMILES string of the molecule is COCc1cccc(CNc2ccccn2)c1. The Bertz CT molecular complexity index is 457. The van der Waals surface area contributed by atoms with Gasteiger partial charge in [-0.25, -0.2) is 4.98 Å². The molecule has 88 valence electrons. The topological polar surface area (TPSA) is 34.1 Å². The Morgan fingerprint density at radius 1 is 1.12 bits per heavy atom. The van der Waals surface area contributed by atoms with E-state index in [0.29, 0.717) is 6.61 Å². The zero-order valence-electron chi connectivity index (χ0n) is 9.89. The largest absolute Gasteiger partial charge is 0.380 e. The van der Waals surface area contributed by atoms with Gasteiger partial charge in [-0.1, -0.05) is 30.3 Å². The van der Waals surface area contributed by atoms with Crippen LogP contribution < -0.4 is 5.32 Å². The molecule has 0 unspecified atom stereocenters. The second kappa shape index (κ2) is 6.01. The van der Waals surface area contributed by atoms with Crippen molar-refractivity contribution in [3.05, 3.63) is 59.8 Å². The number of hydrogen-bond acceptors (Lipinski definition) is 3. The molecule has 1 aromatic carbocycles. The van der Waals surface area contributed by atoms with Gasteiger partial charge in [0.05, 0.1) is 6.61 Å². The third-order valence-corrected chi connectivity index (χ3v) is 2.44. The molecule has 3 heteroatoms. The number of rotatable bonds is 5. The second-order valence-electron chi connectivity index (χ2n) is 3.82. The van der Waals surface area contributed by atoms with Gasteiger partial charge in [-0.05, 0) is 23.3 Å². The molecule has 0 radical (unpaired) electrons. The Balaban J connectivity index is 1.97. The van der Waals surface area contributed by atoms with Crippen molar-refractivity contribution in [2.45, 2.75) is 13.2 Å². The van der Waals surface area contributed by atoms with E-state index in [-0.39, 0.29) is 0 Å². The molecule has 3 nitrogen and oxygen atoms in total. The summed E-state index contributed by atoms with van der Waals surface area (Å²) >= 11 is 0. The molecule has 0 amide bonds. The Morgan fingerprint density at radius 3 is 2.76 bits per heavy atom. The Morgan fingerprint density at radius 2 is 2.00 bits per heavy atom. The highest BCUT2D eigenvalue weighted by atomic mass is 16.5. The number of nitrogens with zero attached hydrogens (tertiary/aromatic N) is 1. The summed E-state index contributed by atoms with van der Waals surface area (Å²) in [5.74, 6) is 0.893. The van der Waals surface area contributed by atoms with E-state index in [1.165, 1.54) is 11.1 Å². The molecule has 0 saturated heterocycles. The van der Waals surface area contributed by atoms with Crippen molar-refractivity contribution >= 4 is 5.82 Å². The van der Waals surface area contributed by atoms with Gasteiger partial charge in [-0.3, -0.25) is 0 Å². The summed E-state index contributed by atoms with van der Waals surface area (Å²) in [7, 11) is 1.71. The smallest absolute Gasteiger partial charge is 0.126 e. The molecule has 2 aromatic rings. The van der Waals surface area contributed by atoms with Crippen LogP contribution in [0.4, 0.5) is 5.82 Å². The third kappa shape index (κ3) is 3.57. The minimum Gasteiger partial charge on any atom is -0.380 e. The van der Waals surface area contributed by atoms with E-state index >= 15 is 0 Å². The highest BCUT2D eigenvalue weighted by Crippen LogP contribution is 2.09. The zero-order chi connectivity index (χ0) is 11.9. The fraction of sp³-hybridized carbons (Fsp3) is 0.214. The minimum atomic E-state index is 0.650. The molecule has 0 spiro atoms. The first-order valence-electron chi connectivity index (χ1n) is 5.60. The lowest BCUT2D eigenvalue weighted by atomic mass is 10.1. The lowest BCUT2D eigenvalue weighted by Crippen LogP contribution is -2.01. The lowest BCUT2D eigenvalue weighted by molar-refractivity contribution is 0.185. The van der Waals surface area contributed by atoms with Crippen LogP contribution in [0.3, 0.4) is 0 Å². The summed E-state index contributed by atoms with van der Waals surface area (Å²) < 4.78 is 5.11. The van der Waals surface area contributed by atoms with Crippen LogP contribution in [0.2, 0.25) is 0 Å². The van der Waals surface area contributed by atoms with E-state index < -0.39 is 0 Å². The van der Waals surface area contributed by atoms with Gasteiger partial charge in [-0.15, -0.1) is 0 Å². The highest BCUT2D eigenvalue weighted by Gasteiger charge is 1.96. The van der Waals surface area contributed by atoms with E-state index in [9.17, 15) is 0 Å². The molecular formula is C14H16N2O. The van der Waals surface area contributed by atoms with Crippen molar-refractivity contribution in [2.24, 2.45) is 0 Å². The van der Waals surface area contributed by atoms with Gasteiger partial charge in [0, 0.05) is 19.9 Å². The fourth-order valence-corrected chi connectivity index (χ4v) is 1.66. The predicted molar refractivity (Wildman–Crippen MR) is 68.7 cm³/mol. The van der Waals surface area contributed by atoms with Crippen LogP contribution in [0.25, 0.3) is 0 Å². The molecular weight excluding hydrogens is 212 g/mol. The Kier molecular flexibility index (Phi) is 4.11. The number of hydrogen-bond donors (Lipinski definition) is 1. The molecule has 0 saturated carbocycles. The van der Waals surface area contributed by atoms with Crippen LogP contribution in [-0.4, -0.2) is 12.1 Å². The van der Waals surface area contributed by atoms with Crippen molar-refractivity contribution < 1.29 is 4.74 Å². The molecule has 0 bridgehead atoms.